The van der Waals surface area contributed by atoms with Crippen LogP contribution in [-0.4, -0.2) is 22.4 Å². The number of hydrogen-bond donors (Lipinski definition) is 1. The highest BCUT2D eigenvalue weighted by molar-refractivity contribution is 5.97. The molecule has 0 aliphatic heterocycles. The highest BCUT2D eigenvalue weighted by atomic mass is 16.5. The molecule has 0 atom stereocenters. The van der Waals surface area contributed by atoms with Crippen molar-refractivity contribution >= 4 is 17.7 Å². The standard InChI is InChI=1S/C21H18N4O2/c1-2-27-21(26)16(14-22)12-18-13-20(15-6-4-3-5-7-15)25(24-18)19-10-8-17(23)9-11-19/h3-13H,2,23H2,1H3/b16-12-. The monoisotopic (exact) mass is 358 g/mol. The highest BCUT2D eigenvalue weighted by Crippen LogP contribution is 2.25. The van der Waals surface area contributed by atoms with Crippen LogP contribution in [-0.2, 0) is 9.53 Å². The van der Waals surface area contributed by atoms with E-state index in [9.17, 15) is 10.1 Å². The molecule has 0 amide bonds. The molecule has 0 spiro atoms. The first-order valence-electron chi connectivity index (χ1n) is 8.42. The second-order valence-electron chi connectivity index (χ2n) is 5.71. The van der Waals surface area contributed by atoms with Crippen LogP contribution < -0.4 is 5.73 Å². The summed E-state index contributed by atoms with van der Waals surface area (Å²) in [5.41, 5.74) is 9.41. The van der Waals surface area contributed by atoms with Gasteiger partial charge in [-0.15, -0.1) is 0 Å². The molecule has 0 saturated carbocycles. The first-order chi connectivity index (χ1) is 13.1. The van der Waals surface area contributed by atoms with Gasteiger partial charge in [-0.1, -0.05) is 30.3 Å². The van der Waals surface area contributed by atoms with Crippen LogP contribution in [0.25, 0.3) is 23.0 Å². The van der Waals surface area contributed by atoms with E-state index in [-0.39, 0.29) is 12.2 Å². The van der Waals surface area contributed by atoms with Crippen molar-refractivity contribution in [3.8, 4) is 23.0 Å². The molecule has 1 aromatic heterocycles. The molecule has 3 rings (SSSR count). The molecule has 0 saturated heterocycles. The molecule has 2 aromatic carbocycles. The number of carbonyl (C=O) groups excluding carboxylic acids is 1. The molecule has 2 N–H and O–H groups in total. The quantitative estimate of drug-likeness (QED) is 0.325. The molecule has 3 aromatic rings. The van der Waals surface area contributed by atoms with Gasteiger partial charge in [-0.05, 0) is 43.3 Å². The van der Waals surface area contributed by atoms with Crippen molar-refractivity contribution in [2.24, 2.45) is 0 Å². The minimum Gasteiger partial charge on any atom is -0.462 e. The first kappa shape index (κ1) is 18.0. The number of anilines is 1. The summed E-state index contributed by atoms with van der Waals surface area (Å²) in [5, 5.41) is 13.8. The van der Waals surface area contributed by atoms with Crippen LogP contribution in [0.5, 0.6) is 0 Å². The molecule has 134 valence electrons. The second-order valence-corrected chi connectivity index (χ2v) is 5.71. The van der Waals surface area contributed by atoms with E-state index >= 15 is 0 Å². The van der Waals surface area contributed by atoms with E-state index in [1.54, 1.807) is 23.7 Å². The number of esters is 1. The van der Waals surface area contributed by atoms with E-state index in [0.29, 0.717) is 11.4 Å². The lowest BCUT2D eigenvalue weighted by Gasteiger charge is -2.07. The molecule has 1 heterocycles. The van der Waals surface area contributed by atoms with Crippen molar-refractivity contribution in [2.45, 2.75) is 6.92 Å². The number of nitrogens with zero attached hydrogens (tertiary/aromatic N) is 3. The van der Waals surface area contributed by atoms with Gasteiger partial charge in [0.1, 0.15) is 11.6 Å². The molecule has 0 radical (unpaired) electrons. The Morgan fingerprint density at radius 1 is 1.22 bits per heavy atom. The van der Waals surface area contributed by atoms with Crippen LogP contribution >= 0.6 is 0 Å². The summed E-state index contributed by atoms with van der Waals surface area (Å²) in [4.78, 5) is 11.9. The molecule has 27 heavy (non-hydrogen) atoms. The van der Waals surface area contributed by atoms with Crippen LogP contribution in [0.1, 0.15) is 12.6 Å². The third-order valence-corrected chi connectivity index (χ3v) is 3.84. The number of nitriles is 1. The van der Waals surface area contributed by atoms with Gasteiger partial charge in [0.05, 0.1) is 23.7 Å². The summed E-state index contributed by atoms with van der Waals surface area (Å²) in [6.07, 6.45) is 1.43. The Morgan fingerprint density at radius 2 is 1.93 bits per heavy atom. The molecule has 0 aliphatic carbocycles. The van der Waals surface area contributed by atoms with Crippen molar-refractivity contribution in [3.63, 3.8) is 0 Å². The first-order valence-corrected chi connectivity index (χ1v) is 8.42. The predicted octanol–water partition coefficient (Wildman–Crippen LogP) is 3.59. The fourth-order valence-electron chi connectivity index (χ4n) is 2.59. The predicted molar refractivity (Wildman–Crippen MR) is 104 cm³/mol. The molecular weight excluding hydrogens is 340 g/mol. The Labute approximate surface area is 157 Å². The zero-order chi connectivity index (χ0) is 19.2. The summed E-state index contributed by atoms with van der Waals surface area (Å²) in [6.45, 7) is 1.89. The Balaban J connectivity index is 2.11. The van der Waals surface area contributed by atoms with E-state index in [1.807, 2.05) is 54.6 Å². The van der Waals surface area contributed by atoms with Crippen molar-refractivity contribution in [2.75, 3.05) is 12.3 Å². The topological polar surface area (TPSA) is 93.9 Å². The summed E-state index contributed by atoms with van der Waals surface area (Å²) in [5.74, 6) is -0.664. The normalized spacial score (nSPS) is 11.0. The second kappa shape index (κ2) is 8.02. The van der Waals surface area contributed by atoms with Gasteiger partial charge in [0.25, 0.3) is 0 Å². The fourth-order valence-corrected chi connectivity index (χ4v) is 2.59. The largest absolute Gasteiger partial charge is 0.462 e. The lowest BCUT2D eigenvalue weighted by molar-refractivity contribution is -0.137. The van der Waals surface area contributed by atoms with Gasteiger partial charge in [0, 0.05) is 11.3 Å². The number of aromatic nitrogens is 2. The SMILES string of the molecule is CCOC(=O)/C(C#N)=C\c1cc(-c2ccccc2)n(-c2ccc(N)cc2)n1. The maximum atomic E-state index is 11.9. The van der Waals surface area contributed by atoms with Crippen LogP contribution in [0.4, 0.5) is 5.69 Å². The van der Waals surface area contributed by atoms with Gasteiger partial charge < -0.3 is 10.5 Å². The number of carbonyl (C=O) groups is 1. The van der Waals surface area contributed by atoms with Gasteiger partial charge in [-0.2, -0.15) is 10.4 Å². The van der Waals surface area contributed by atoms with Crippen molar-refractivity contribution in [3.05, 3.63) is 71.9 Å². The number of nitrogen functional groups attached to an aromatic ring is 1. The van der Waals surface area contributed by atoms with Gasteiger partial charge in [-0.25, -0.2) is 9.48 Å². The maximum Gasteiger partial charge on any atom is 0.348 e. The lowest BCUT2D eigenvalue weighted by atomic mass is 10.1. The van der Waals surface area contributed by atoms with Gasteiger partial charge in [0.15, 0.2) is 0 Å². The van der Waals surface area contributed by atoms with E-state index in [4.69, 9.17) is 10.5 Å². The number of ether oxygens (including phenoxy) is 1. The lowest BCUT2D eigenvalue weighted by Crippen LogP contribution is -2.06. The molecule has 0 bridgehead atoms. The molecule has 0 fully saturated rings. The molecule has 0 unspecified atom stereocenters. The molecule has 0 aliphatic rings. The van der Waals surface area contributed by atoms with Crippen LogP contribution in [0.3, 0.4) is 0 Å². The van der Waals surface area contributed by atoms with E-state index in [2.05, 4.69) is 5.10 Å². The summed E-state index contributed by atoms with van der Waals surface area (Å²) < 4.78 is 6.66. The minimum absolute atomic E-state index is 0.0987. The number of nitrogens with two attached hydrogens (primary N) is 1. The summed E-state index contributed by atoms with van der Waals surface area (Å²) >= 11 is 0. The Morgan fingerprint density at radius 3 is 2.56 bits per heavy atom. The average molecular weight is 358 g/mol. The Bertz CT molecular complexity index is 1010. The van der Waals surface area contributed by atoms with E-state index < -0.39 is 5.97 Å². The van der Waals surface area contributed by atoms with Gasteiger partial charge in [-0.3, -0.25) is 0 Å². The van der Waals surface area contributed by atoms with Crippen molar-refractivity contribution in [1.29, 1.82) is 5.26 Å². The summed E-state index contributed by atoms with van der Waals surface area (Å²) in [7, 11) is 0. The molecule has 6 heteroatoms. The third kappa shape index (κ3) is 4.05. The Kier molecular flexibility index (Phi) is 5.33. The zero-order valence-electron chi connectivity index (χ0n) is 14.8. The van der Waals surface area contributed by atoms with E-state index in [0.717, 1.165) is 16.9 Å². The number of benzene rings is 2. The minimum atomic E-state index is -0.664. The van der Waals surface area contributed by atoms with Gasteiger partial charge in [0.2, 0.25) is 0 Å². The maximum absolute atomic E-state index is 11.9. The van der Waals surface area contributed by atoms with Crippen molar-refractivity contribution in [1.82, 2.24) is 9.78 Å². The van der Waals surface area contributed by atoms with Crippen LogP contribution in [0.15, 0.2) is 66.2 Å². The fraction of sp³-hybridized carbons (Fsp3) is 0.0952. The molecule has 6 nitrogen and oxygen atoms in total. The average Bonchev–Trinajstić information content (AvgIpc) is 3.11. The van der Waals surface area contributed by atoms with Crippen LogP contribution in [0.2, 0.25) is 0 Å². The Hall–Kier alpha value is -3.85. The highest BCUT2D eigenvalue weighted by Gasteiger charge is 2.14. The van der Waals surface area contributed by atoms with E-state index in [1.165, 1.54) is 6.08 Å². The van der Waals surface area contributed by atoms with Crippen molar-refractivity contribution < 1.29 is 9.53 Å². The zero-order valence-corrected chi connectivity index (χ0v) is 14.8. The van der Waals surface area contributed by atoms with Gasteiger partial charge >= 0.3 is 5.97 Å². The number of hydrogen-bond acceptors (Lipinski definition) is 5. The summed E-state index contributed by atoms with van der Waals surface area (Å²) in [6, 6.07) is 20.7. The third-order valence-electron chi connectivity index (χ3n) is 3.84. The smallest absolute Gasteiger partial charge is 0.348 e. The molecular formula is C21H18N4O2. The van der Waals surface area contributed by atoms with Crippen LogP contribution in [0, 0.1) is 11.3 Å². The number of rotatable bonds is 5.